The van der Waals surface area contributed by atoms with Crippen LogP contribution >= 0.6 is 0 Å². The van der Waals surface area contributed by atoms with Gasteiger partial charge in [-0.05, 0) is 57.0 Å². The maximum Gasteiger partial charge on any atom is 0.281 e. The van der Waals surface area contributed by atoms with E-state index < -0.39 is 10.2 Å². The quantitative estimate of drug-likeness (QED) is 0.661. The van der Waals surface area contributed by atoms with Gasteiger partial charge < -0.3 is 5.32 Å². The number of nitrogens with one attached hydrogen (secondary N) is 1. The van der Waals surface area contributed by atoms with Gasteiger partial charge in [0.1, 0.15) is 0 Å². The molecule has 23 heavy (non-hydrogen) atoms. The van der Waals surface area contributed by atoms with Gasteiger partial charge in [0.25, 0.3) is 10.2 Å². The van der Waals surface area contributed by atoms with E-state index in [9.17, 15) is 8.42 Å². The number of nitrogens with zero attached hydrogens (tertiary/aromatic N) is 2. The standard InChI is InChI=1S/C17H37N3O2S/c1-15(2)6-10-19(11-7-16(3)4)23(21,22)20-12-8-17(9-13-20)14-18-5/h15-18H,6-14H2,1-5H3. The summed E-state index contributed by atoms with van der Waals surface area (Å²) in [4.78, 5) is 0. The molecule has 0 atom stereocenters. The van der Waals surface area contributed by atoms with Gasteiger partial charge in [-0.1, -0.05) is 27.7 Å². The number of hydrogen-bond acceptors (Lipinski definition) is 3. The van der Waals surface area contributed by atoms with Crippen LogP contribution in [0.1, 0.15) is 53.4 Å². The molecule has 0 unspecified atom stereocenters. The normalized spacial score (nSPS) is 18.4. The summed E-state index contributed by atoms with van der Waals surface area (Å²) >= 11 is 0. The third kappa shape index (κ3) is 7.08. The van der Waals surface area contributed by atoms with Crippen molar-refractivity contribution in [1.82, 2.24) is 13.9 Å². The summed E-state index contributed by atoms with van der Waals surface area (Å²) in [5, 5.41) is 3.20. The molecule has 0 radical (unpaired) electrons. The lowest BCUT2D eigenvalue weighted by Crippen LogP contribution is -2.48. The smallest absolute Gasteiger partial charge is 0.281 e. The fourth-order valence-corrected chi connectivity index (χ4v) is 4.61. The molecular formula is C17H37N3O2S. The second-order valence-electron chi connectivity index (χ2n) is 7.67. The van der Waals surface area contributed by atoms with Crippen molar-refractivity contribution in [3.05, 3.63) is 0 Å². The van der Waals surface area contributed by atoms with E-state index in [0.717, 1.165) is 32.2 Å². The largest absolute Gasteiger partial charge is 0.319 e. The molecule has 1 aliphatic heterocycles. The van der Waals surface area contributed by atoms with Crippen LogP contribution < -0.4 is 5.32 Å². The molecule has 0 aromatic carbocycles. The number of piperidine rings is 1. The van der Waals surface area contributed by atoms with Crippen LogP contribution in [0.5, 0.6) is 0 Å². The molecule has 1 rings (SSSR count). The van der Waals surface area contributed by atoms with E-state index in [1.54, 1.807) is 8.61 Å². The van der Waals surface area contributed by atoms with Crippen molar-refractivity contribution >= 4 is 10.2 Å². The Morgan fingerprint density at radius 2 is 1.52 bits per heavy atom. The summed E-state index contributed by atoms with van der Waals surface area (Å²) in [6.45, 7) is 12.2. The summed E-state index contributed by atoms with van der Waals surface area (Å²) in [5.41, 5.74) is 0. The molecule has 0 bridgehead atoms. The van der Waals surface area contributed by atoms with Crippen LogP contribution in [0, 0.1) is 17.8 Å². The van der Waals surface area contributed by atoms with Crippen molar-refractivity contribution in [3.8, 4) is 0 Å². The molecule has 1 aliphatic rings. The Morgan fingerprint density at radius 3 is 1.91 bits per heavy atom. The SMILES string of the molecule is CNCC1CCN(S(=O)(=O)N(CCC(C)C)CCC(C)C)CC1. The molecule has 1 heterocycles. The lowest BCUT2D eigenvalue weighted by atomic mass is 9.98. The van der Waals surface area contributed by atoms with Gasteiger partial charge in [-0.2, -0.15) is 17.0 Å². The molecule has 138 valence electrons. The molecule has 6 heteroatoms. The molecule has 1 fully saturated rings. The highest BCUT2D eigenvalue weighted by Gasteiger charge is 2.32. The Balaban J connectivity index is 2.69. The van der Waals surface area contributed by atoms with E-state index in [-0.39, 0.29) is 0 Å². The molecule has 0 aromatic heterocycles. The van der Waals surface area contributed by atoms with E-state index in [1.165, 1.54) is 0 Å². The Morgan fingerprint density at radius 1 is 1.04 bits per heavy atom. The van der Waals surface area contributed by atoms with Crippen LogP contribution in [0.15, 0.2) is 0 Å². The third-order valence-electron chi connectivity index (χ3n) is 4.63. The first kappa shape index (κ1) is 20.9. The van der Waals surface area contributed by atoms with Gasteiger partial charge in [0, 0.05) is 26.2 Å². The highest BCUT2D eigenvalue weighted by molar-refractivity contribution is 7.86. The zero-order chi connectivity index (χ0) is 17.5. The van der Waals surface area contributed by atoms with E-state index in [4.69, 9.17) is 0 Å². The molecule has 1 saturated heterocycles. The summed E-state index contributed by atoms with van der Waals surface area (Å²) < 4.78 is 29.5. The summed E-state index contributed by atoms with van der Waals surface area (Å²) in [5.74, 6) is 1.65. The first-order valence-corrected chi connectivity index (χ1v) is 10.6. The van der Waals surface area contributed by atoms with E-state index >= 15 is 0 Å². The topological polar surface area (TPSA) is 52.7 Å². The lowest BCUT2D eigenvalue weighted by molar-refractivity contribution is 0.246. The van der Waals surface area contributed by atoms with Gasteiger partial charge in [-0.25, -0.2) is 0 Å². The molecule has 0 amide bonds. The van der Waals surface area contributed by atoms with Gasteiger partial charge in [0.2, 0.25) is 0 Å². The highest BCUT2D eigenvalue weighted by Crippen LogP contribution is 2.22. The Hall–Kier alpha value is -0.170. The maximum atomic E-state index is 13.0. The predicted molar refractivity (Wildman–Crippen MR) is 97.6 cm³/mol. The highest BCUT2D eigenvalue weighted by atomic mass is 32.2. The molecule has 0 aromatic rings. The van der Waals surface area contributed by atoms with Crippen LogP contribution in [-0.4, -0.2) is 56.8 Å². The fraction of sp³-hybridized carbons (Fsp3) is 1.00. The van der Waals surface area contributed by atoms with Crippen molar-refractivity contribution in [1.29, 1.82) is 0 Å². The van der Waals surface area contributed by atoms with Crippen LogP contribution in [0.3, 0.4) is 0 Å². The van der Waals surface area contributed by atoms with Crippen molar-refractivity contribution in [3.63, 3.8) is 0 Å². The van der Waals surface area contributed by atoms with Crippen molar-refractivity contribution in [2.24, 2.45) is 17.8 Å². The first-order valence-electron chi connectivity index (χ1n) is 9.17. The van der Waals surface area contributed by atoms with Gasteiger partial charge >= 0.3 is 0 Å². The molecule has 0 spiro atoms. The van der Waals surface area contributed by atoms with Crippen LogP contribution in [0.2, 0.25) is 0 Å². The summed E-state index contributed by atoms with van der Waals surface area (Å²) in [7, 11) is -1.35. The average Bonchev–Trinajstić information content (AvgIpc) is 2.47. The van der Waals surface area contributed by atoms with E-state index in [1.807, 2.05) is 7.05 Å². The van der Waals surface area contributed by atoms with Crippen LogP contribution in [-0.2, 0) is 10.2 Å². The molecule has 0 aliphatic carbocycles. The van der Waals surface area contributed by atoms with Crippen molar-refractivity contribution in [2.45, 2.75) is 53.4 Å². The molecule has 0 saturated carbocycles. The van der Waals surface area contributed by atoms with E-state index in [2.05, 4.69) is 33.0 Å². The Bertz CT molecular complexity index is 404. The molecular weight excluding hydrogens is 310 g/mol. The van der Waals surface area contributed by atoms with Crippen molar-refractivity contribution in [2.75, 3.05) is 39.8 Å². The van der Waals surface area contributed by atoms with Gasteiger partial charge in [-0.15, -0.1) is 0 Å². The third-order valence-corrected chi connectivity index (χ3v) is 6.67. The first-order chi connectivity index (χ1) is 10.8. The van der Waals surface area contributed by atoms with Gasteiger partial charge in [0.15, 0.2) is 0 Å². The second-order valence-corrected chi connectivity index (χ2v) is 9.60. The predicted octanol–water partition coefficient (Wildman–Crippen LogP) is 2.56. The van der Waals surface area contributed by atoms with Crippen molar-refractivity contribution < 1.29 is 8.42 Å². The lowest BCUT2D eigenvalue weighted by Gasteiger charge is -2.35. The zero-order valence-electron chi connectivity index (χ0n) is 15.7. The second kappa shape index (κ2) is 9.97. The molecule has 1 N–H and O–H groups in total. The zero-order valence-corrected chi connectivity index (χ0v) is 16.5. The van der Waals surface area contributed by atoms with Crippen LogP contribution in [0.4, 0.5) is 0 Å². The average molecular weight is 348 g/mol. The minimum absolute atomic E-state index is 0.521. The fourth-order valence-electron chi connectivity index (χ4n) is 2.94. The van der Waals surface area contributed by atoms with Gasteiger partial charge in [0.05, 0.1) is 0 Å². The number of rotatable bonds is 10. The monoisotopic (exact) mass is 347 g/mol. The van der Waals surface area contributed by atoms with Crippen LogP contribution in [0.25, 0.3) is 0 Å². The maximum absolute atomic E-state index is 13.0. The Kier molecular flexibility index (Phi) is 9.04. The summed E-state index contributed by atoms with van der Waals surface area (Å²) in [6, 6.07) is 0. The minimum Gasteiger partial charge on any atom is -0.319 e. The molecule has 5 nitrogen and oxygen atoms in total. The van der Waals surface area contributed by atoms with Gasteiger partial charge in [-0.3, -0.25) is 0 Å². The number of hydrogen-bond donors (Lipinski definition) is 1. The van der Waals surface area contributed by atoms with E-state index in [0.29, 0.717) is 43.9 Å². The summed E-state index contributed by atoms with van der Waals surface area (Å²) in [6.07, 6.45) is 3.77. The minimum atomic E-state index is -3.31. The Labute approximate surface area is 144 Å².